The van der Waals surface area contributed by atoms with Gasteiger partial charge in [0.15, 0.2) is 5.69 Å². The van der Waals surface area contributed by atoms with Crippen molar-refractivity contribution in [1.29, 1.82) is 0 Å². The number of amides is 1. The van der Waals surface area contributed by atoms with Crippen molar-refractivity contribution in [2.75, 3.05) is 11.9 Å². The van der Waals surface area contributed by atoms with E-state index in [1.54, 1.807) is 31.2 Å². The zero-order chi connectivity index (χ0) is 18.4. The topological polar surface area (TPSA) is 86.1 Å². The molecule has 0 aliphatic carbocycles. The van der Waals surface area contributed by atoms with Gasteiger partial charge in [0.25, 0.3) is 5.91 Å². The maximum absolute atomic E-state index is 12.8. The van der Waals surface area contributed by atoms with Crippen LogP contribution >= 0.6 is 0 Å². The van der Waals surface area contributed by atoms with Crippen LogP contribution in [-0.4, -0.2) is 33.5 Å². The Morgan fingerprint density at radius 2 is 1.69 bits per heavy atom. The summed E-state index contributed by atoms with van der Waals surface area (Å²) >= 11 is 0. The summed E-state index contributed by atoms with van der Waals surface area (Å²) in [6.07, 6.45) is 0. The molecule has 1 amide bonds. The lowest BCUT2D eigenvalue weighted by atomic mass is 10.2. The van der Waals surface area contributed by atoms with Gasteiger partial charge in [0.1, 0.15) is 0 Å². The van der Waals surface area contributed by atoms with E-state index in [2.05, 4.69) is 15.6 Å². The van der Waals surface area contributed by atoms with Crippen LogP contribution in [0.4, 0.5) is 5.69 Å². The van der Waals surface area contributed by atoms with E-state index in [-0.39, 0.29) is 18.0 Å². The average molecular weight is 350 g/mol. The van der Waals surface area contributed by atoms with Crippen LogP contribution < -0.4 is 5.32 Å². The summed E-state index contributed by atoms with van der Waals surface area (Å²) in [5, 5.41) is 10.6. The van der Waals surface area contributed by atoms with Gasteiger partial charge in [0.05, 0.1) is 13.2 Å². The Morgan fingerprint density at radius 1 is 1.04 bits per heavy atom. The van der Waals surface area contributed by atoms with E-state index in [4.69, 9.17) is 4.74 Å². The summed E-state index contributed by atoms with van der Waals surface area (Å²) in [6, 6.07) is 18.5. The average Bonchev–Trinajstić information content (AvgIpc) is 3.07. The molecule has 0 aliphatic heterocycles. The molecule has 0 spiro atoms. The molecular formula is C19H18N4O3. The predicted octanol–water partition coefficient (Wildman–Crippen LogP) is 2.76. The van der Waals surface area contributed by atoms with Crippen LogP contribution in [-0.2, 0) is 11.3 Å². The van der Waals surface area contributed by atoms with Crippen molar-refractivity contribution in [2.24, 2.45) is 0 Å². The minimum atomic E-state index is -0.676. The van der Waals surface area contributed by atoms with E-state index < -0.39 is 11.9 Å². The number of esters is 1. The van der Waals surface area contributed by atoms with Gasteiger partial charge < -0.3 is 10.1 Å². The zero-order valence-electron chi connectivity index (χ0n) is 14.3. The third-order valence-electron chi connectivity index (χ3n) is 3.63. The third-order valence-corrected chi connectivity index (χ3v) is 3.63. The molecule has 0 aliphatic rings. The molecule has 0 atom stereocenters. The first-order valence-electron chi connectivity index (χ1n) is 8.20. The monoisotopic (exact) mass is 350 g/mol. The lowest BCUT2D eigenvalue weighted by Crippen LogP contribution is -2.22. The van der Waals surface area contributed by atoms with Crippen LogP contribution in [0.1, 0.15) is 33.5 Å². The molecule has 0 bridgehead atoms. The van der Waals surface area contributed by atoms with Crippen molar-refractivity contribution < 1.29 is 14.3 Å². The van der Waals surface area contributed by atoms with E-state index in [0.717, 1.165) is 5.56 Å². The largest absolute Gasteiger partial charge is 0.461 e. The fraction of sp³-hybridized carbons (Fsp3) is 0.158. The smallest absolute Gasteiger partial charge is 0.361 e. The number of carbonyl (C=O) groups is 2. The lowest BCUT2D eigenvalue weighted by Gasteiger charge is -2.09. The number of hydrogen-bond acceptors (Lipinski definition) is 5. The van der Waals surface area contributed by atoms with E-state index in [9.17, 15) is 9.59 Å². The Labute approximate surface area is 150 Å². The fourth-order valence-electron chi connectivity index (χ4n) is 2.45. The summed E-state index contributed by atoms with van der Waals surface area (Å²) in [6.45, 7) is 2.19. The number of nitrogens with zero attached hydrogens (tertiary/aromatic N) is 3. The van der Waals surface area contributed by atoms with Crippen molar-refractivity contribution >= 4 is 17.6 Å². The molecule has 1 aromatic heterocycles. The summed E-state index contributed by atoms with van der Waals surface area (Å²) in [5.74, 6) is -1.15. The zero-order valence-corrected chi connectivity index (χ0v) is 14.3. The van der Waals surface area contributed by atoms with Gasteiger partial charge in [0, 0.05) is 5.69 Å². The van der Waals surface area contributed by atoms with Gasteiger partial charge in [-0.3, -0.25) is 4.79 Å². The summed E-state index contributed by atoms with van der Waals surface area (Å²) in [4.78, 5) is 25.0. The molecular weight excluding hydrogens is 332 g/mol. The molecule has 0 saturated heterocycles. The SMILES string of the molecule is CCOC(=O)c1nnn(Cc2ccccc2)c1C(=O)Nc1ccccc1. The van der Waals surface area contributed by atoms with Gasteiger partial charge in [-0.1, -0.05) is 53.7 Å². The second-order valence-electron chi connectivity index (χ2n) is 5.47. The van der Waals surface area contributed by atoms with E-state index in [1.165, 1.54) is 4.68 Å². The number of ether oxygens (including phenoxy) is 1. The molecule has 0 unspecified atom stereocenters. The highest BCUT2D eigenvalue weighted by Gasteiger charge is 2.26. The normalized spacial score (nSPS) is 10.3. The van der Waals surface area contributed by atoms with Crippen molar-refractivity contribution in [2.45, 2.75) is 13.5 Å². The molecule has 132 valence electrons. The highest BCUT2D eigenvalue weighted by molar-refractivity contribution is 6.09. The first-order valence-corrected chi connectivity index (χ1v) is 8.20. The van der Waals surface area contributed by atoms with Gasteiger partial charge in [-0.15, -0.1) is 5.10 Å². The maximum atomic E-state index is 12.8. The molecule has 7 heteroatoms. The summed E-state index contributed by atoms with van der Waals surface area (Å²) in [7, 11) is 0. The molecule has 1 N–H and O–H groups in total. The number of benzene rings is 2. The van der Waals surface area contributed by atoms with Crippen LogP contribution in [0.15, 0.2) is 60.7 Å². The predicted molar refractivity (Wildman–Crippen MR) is 95.9 cm³/mol. The fourth-order valence-corrected chi connectivity index (χ4v) is 2.45. The molecule has 26 heavy (non-hydrogen) atoms. The summed E-state index contributed by atoms with van der Waals surface area (Å²) < 4.78 is 6.40. The van der Waals surface area contributed by atoms with Crippen molar-refractivity contribution in [3.05, 3.63) is 77.6 Å². The van der Waals surface area contributed by atoms with E-state index >= 15 is 0 Å². The van der Waals surface area contributed by atoms with Crippen molar-refractivity contribution in [1.82, 2.24) is 15.0 Å². The number of aromatic nitrogens is 3. The Bertz CT molecular complexity index is 892. The highest BCUT2D eigenvalue weighted by atomic mass is 16.5. The standard InChI is InChI=1S/C19H18N4O3/c1-2-26-19(25)16-17(18(24)20-15-11-7-4-8-12-15)23(22-21-16)13-14-9-5-3-6-10-14/h3-12H,2,13H2,1H3,(H,20,24). The first-order chi connectivity index (χ1) is 12.7. The molecule has 2 aromatic carbocycles. The number of carbonyl (C=O) groups excluding carboxylic acids is 2. The molecule has 0 radical (unpaired) electrons. The first kappa shape index (κ1) is 17.3. The number of para-hydroxylation sites is 1. The Kier molecular flexibility index (Phi) is 5.38. The minimum absolute atomic E-state index is 0.0659. The van der Waals surface area contributed by atoms with E-state index in [1.807, 2.05) is 36.4 Å². The number of hydrogen-bond donors (Lipinski definition) is 1. The van der Waals surface area contributed by atoms with Crippen LogP contribution in [0.3, 0.4) is 0 Å². The van der Waals surface area contributed by atoms with Crippen molar-refractivity contribution in [3.8, 4) is 0 Å². The maximum Gasteiger partial charge on any atom is 0.361 e. The number of rotatable bonds is 6. The van der Waals surface area contributed by atoms with Gasteiger partial charge in [-0.2, -0.15) is 0 Å². The highest BCUT2D eigenvalue weighted by Crippen LogP contribution is 2.14. The number of nitrogens with one attached hydrogen (secondary N) is 1. The quantitative estimate of drug-likeness (QED) is 0.691. The summed E-state index contributed by atoms with van der Waals surface area (Å²) in [5.41, 5.74) is 1.51. The van der Waals surface area contributed by atoms with Gasteiger partial charge in [0.2, 0.25) is 5.69 Å². The molecule has 1 heterocycles. The van der Waals surface area contributed by atoms with Crippen LogP contribution in [0.5, 0.6) is 0 Å². The molecule has 3 aromatic rings. The van der Waals surface area contributed by atoms with Gasteiger partial charge in [-0.05, 0) is 24.6 Å². The van der Waals surface area contributed by atoms with Crippen LogP contribution in [0.25, 0.3) is 0 Å². The molecule has 3 rings (SSSR count). The Morgan fingerprint density at radius 3 is 2.35 bits per heavy atom. The molecule has 7 nitrogen and oxygen atoms in total. The minimum Gasteiger partial charge on any atom is -0.461 e. The van der Waals surface area contributed by atoms with Gasteiger partial charge >= 0.3 is 5.97 Å². The molecule has 0 saturated carbocycles. The Hall–Kier alpha value is -3.48. The Balaban J connectivity index is 1.94. The second-order valence-corrected chi connectivity index (χ2v) is 5.47. The van der Waals surface area contributed by atoms with Gasteiger partial charge in [-0.25, -0.2) is 9.48 Å². The second kappa shape index (κ2) is 8.06. The number of anilines is 1. The van der Waals surface area contributed by atoms with E-state index in [0.29, 0.717) is 12.2 Å². The molecule has 0 fully saturated rings. The van der Waals surface area contributed by atoms with Crippen LogP contribution in [0, 0.1) is 0 Å². The lowest BCUT2D eigenvalue weighted by molar-refractivity contribution is 0.0516. The third kappa shape index (κ3) is 3.94. The van der Waals surface area contributed by atoms with Crippen LogP contribution in [0.2, 0.25) is 0 Å². The van der Waals surface area contributed by atoms with Crippen molar-refractivity contribution in [3.63, 3.8) is 0 Å².